The molecule has 2 aliphatic carbocycles. The molecule has 0 saturated heterocycles. The molecule has 2 fully saturated rings. The van der Waals surface area contributed by atoms with Crippen molar-refractivity contribution in [2.75, 3.05) is 0 Å². The number of hydrogen-bond donors (Lipinski definition) is 2. The van der Waals surface area contributed by atoms with Crippen molar-refractivity contribution in [1.29, 1.82) is 0 Å². The summed E-state index contributed by atoms with van der Waals surface area (Å²) in [5, 5.41) is 6.89. The highest BCUT2D eigenvalue weighted by Gasteiger charge is 2.45. The highest BCUT2D eigenvalue weighted by Crippen LogP contribution is 2.48. The lowest BCUT2D eigenvalue weighted by molar-refractivity contribution is -0.144. The van der Waals surface area contributed by atoms with Gasteiger partial charge in [0.2, 0.25) is 17.7 Å². The van der Waals surface area contributed by atoms with Crippen molar-refractivity contribution in [3.63, 3.8) is 0 Å². The summed E-state index contributed by atoms with van der Waals surface area (Å²) < 4.78 is 110. The van der Waals surface area contributed by atoms with Gasteiger partial charge in [-0.1, -0.05) is 0 Å². The minimum Gasteiger partial charge on any atom is -0.366 e. The van der Waals surface area contributed by atoms with Crippen molar-refractivity contribution in [1.82, 2.24) is 24.9 Å². The predicted molar refractivity (Wildman–Crippen MR) is 138 cm³/mol. The summed E-state index contributed by atoms with van der Waals surface area (Å²) in [6.07, 6.45) is -8.10. The molecule has 5 rings (SSSR count). The number of carbonyl (C=O) groups excluding carboxylic acids is 2. The molecule has 238 valence electrons. The Kier molecular flexibility index (Phi) is 8.31. The van der Waals surface area contributed by atoms with Crippen molar-refractivity contribution in [2.45, 2.75) is 81.6 Å². The monoisotopic (exact) mass is 632 g/mol. The molecular weight excluding hydrogens is 604 g/mol. The number of hydrogen-bond acceptors (Lipinski definition) is 5. The molecule has 0 aromatic carbocycles. The molecule has 3 N–H and O–H groups in total. The SMILES string of the molecule is NC(=O)c1ccnc(C(F)(F)F)c1[C@@H](c1cn2ncc([C@H](NC(=O)CCC(F)(F)F)C3CC3)cc2n1)C1CCC(F)(F)CC1. The molecule has 16 heteroatoms. The van der Waals surface area contributed by atoms with Crippen LogP contribution in [0, 0.1) is 11.8 Å². The topological polar surface area (TPSA) is 115 Å². The van der Waals surface area contributed by atoms with Gasteiger partial charge in [0.25, 0.3) is 0 Å². The van der Waals surface area contributed by atoms with Crippen LogP contribution in [0.3, 0.4) is 0 Å². The molecular formula is C28H28F8N6O2. The number of rotatable bonds is 9. The summed E-state index contributed by atoms with van der Waals surface area (Å²) >= 11 is 0. The molecule has 2 aliphatic rings. The maximum Gasteiger partial charge on any atom is 0.433 e. The van der Waals surface area contributed by atoms with E-state index < -0.39 is 90.5 Å². The Balaban J connectivity index is 1.56. The number of pyridine rings is 1. The van der Waals surface area contributed by atoms with Crippen LogP contribution < -0.4 is 11.1 Å². The van der Waals surface area contributed by atoms with Gasteiger partial charge in [-0.15, -0.1) is 0 Å². The quantitative estimate of drug-likeness (QED) is 0.277. The normalized spacial score (nSPS) is 19.1. The number of alkyl halides is 8. The van der Waals surface area contributed by atoms with Crippen LogP contribution in [-0.2, 0) is 11.0 Å². The van der Waals surface area contributed by atoms with Gasteiger partial charge in [0, 0.05) is 42.5 Å². The van der Waals surface area contributed by atoms with E-state index in [1.54, 1.807) is 0 Å². The Labute approximate surface area is 245 Å². The summed E-state index contributed by atoms with van der Waals surface area (Å²) in [6.45, 7) is 0. The summed E-state index contributed by atoms with van der Waals surface area (Å²) in [7, 11) is 0. The summed E-state index contributed by atoms with van der Waals surface area (Å²) in [5.41, 5.74) is 3.66. The van der Waals surface area contributed by atoms with Gasteiger partial charge in [0.15, 0.2) is 5.65 Å². The third-order valence-corrected chi connectivity index (χ3v) is 8.15. The minimum absolute atomic E-state index is 0.0167. The third-order valence-electron chi connectivity index (χ3n) is 8.15. The van der Waals surface area contributed by atoms with E-state index >= 15 is 0 Å². The van der Waals surface area contributed by atoms with Crippen molar-refractivity contribution in [3.05, 3.63) is 58.8 Å². The van der Waals surface area contributed by atoms with E-state index in [0.717, 1.165) is 12.3 Å². The number of nitrogens with one attached hydrogen (secondary N) is 1. The smallest absolute Gasteiger partial charge is 0.366 e. The molecule has 44 heavy (non-hydrogen) atoms. The second kappa shape index (κ2) is 11.6. The maximum absolute atomic E-state index is 14.2. The lowest BCUT2D eigenvalue weighted by atomic mass is 9.73. The highest BCUT2D eigenvalue weighted by atomic mass is 19.4. The number of amides is 2. The van der Waals surface area contributed by atoms with Crippen molar-refractivity contribution in [2.24, 2.45) is 17.6 Å². The minimum atomic E-state index is -5.01. The van der Waals surface area contributed by atoms with Crippen molar-refractivity contribution >= 4 is 17.5 Å². The second-order valence-electron chi connectivity index (χ2n) is 11.4. The molecule has 3 aromatic heterocycles. The molecule has 2 amide bonds. The molecule has 8 nitrogen and oxygen atoms in total. The zero-order chi connectivity index (χ0) is 32.0. The zero-order valence-electron chi connectivity index (χ0n) is 23.1. The first-order valence-corrected chi connectivity index (χ1v) is 14.0. The average Bonchev–Trinajstić information content (AvgIpc) is 3.69. The molecule has 0 aliphatic heterocycles. The zero-order valence-corrected chi connectivity index (χ0v) is 23.1. The number of halogens is 8. The van der Waals surface area contributed by atoms with Crippen molar-refractivity contribution < 1.29 is 44.7 Å². The Bertz CT molecular complexity index is 1540. The van der Waals surface area contributed by atoms with Crippen LogP contribution >= 0.6 is 0 Å². The van der Waals surface area contributed by atoms with E-state index in [9.17, 15) is 44.7 Å². The predicted octanol–water partition coefficient (Wildman–Crippen LogP) is 6.11. The number of nitrogens with two attached hydrogens (primary N) is 1. The molecule has 3 aromatic rings. The maximum atomic E-state index is 14.2. The number of imidazole rings is 1. The highest BCUT2D eigenvalue weighted by molar-refractivity contribution is 5.95. The third kappa shape index (κ3) is 7.09. The van der Waals surface area contributed by atoms with Gasteiger partial charge >= 0.3 is 12.4 Å². The fourth-order valence-electron chi connectivity index (χ4n) is 5.88. The number of primary amides is 1. The molecule has 2 saturated carbocycles. The first kappa shape index (κ1) is 31.6. The largest absolute Gasteiger partial charge is 0.433 e. The van der Waals surface area contributed by atoms with Gasteiger partial charge in [-0.25, -0.2) is 18.3 Å². The first-order valence-electron chi connectivity index (χ1n) is 14.0. The van der Waals surface area contributed by atoms with Crippen LogP contribution in [0.1, 0.15) is 96.2 Å². The van der Waals surface area contributed by atoms with Crippen LogP contribution in [-0.4, -0.2) is 43.5 Å². The first-order chi connectivity index (χ1) is 20.5. The van der Waals surface area contributed by atoms with E-state index in [4.69, 9.17) is 5.73 Å². The average molecular weight is 633 g/mol. The van der Waals surface area contributed by atoms with Gasteiger partial charge in [-0.2, -0.15) is 31.4 Å². The van der Waals surface area contributed by atoms with Crippen LogP contribution in [0.4, 0.5) is 35.1 Å². The number of carbonyl (C=O) groups is 2. The van der Waals surface area contributed by atoms with E-state index in [0.29, 0.717) is 18.4 Å². The van der Waals surface area contributed by atoms with Gasteiger partial charge in [0.1, 0.15) is 5.69 Å². The molecule has 3 heterocycles. The Hall–Kier alpha value is -3.85. The fourth-order valence-corrected chi connectivity index (χ4v) is 5.88. The van der Waals surface area contributed by atoms with Gasteiger partial charge in [-0.05, 0) is 55.2 Å². The van der Waals surface area contributed by atoms with Gasteiger partial charge < -0.3 is 11.1 Å². The number of aromatic nitrogens is 4. The molecule has 2 atom stereocenters. The Morgan fingerprint density at radius 3 is 2.34 bits per heavy atom. The van der Waals surface area contributed by atoms with Crippen LogP contribution in [0.2, 0.25) is 0 Å². The second-order valence-corrected chi connectivity index (χ2v) is 11.4. The van der Waals surface area contributed by atoms with E-state index in [-0.39, 0.29) is 30.1 Å². The van der Waals surface area contributed by atoms with E-state index in [1.807, 2.05) is 0 Å². The van der Waals surface area contributed by atoms with E-state index in [1.165, 1.54) is 23.0 Å². The number of fused-ring (bicyclic) bond motifs is 1. The van der Waals surface area contributed by atoms with Gasteiger partial charge in [-0.3, -0.25) is 14.6 Å². The van der Waals surface area contributed by atoms with Crippen LogP contribution in [0.15, 0.2) is 30.7 Å². The Morgan fingerprint density at radius 2 is 1.75 bits per heavy atom. The van der Waals surface area contributed by atoms with Crippen molar-refractivity contribution in [3.8, 4) is 0 Å². The van der Waals surface area contributed by atoms with Crippen LogP contribution in [0.5, 0.6) is 0 Å². The number of nitrogens with zero attached hydrogens (tertiary/aromatic N) is 4. The summed E-state index contributed by atoms with van der Waals surface area (Å²) in [6, 6.07) is 1.89. The summed E-state index contributed by atoms with van der Waals surface area (Å²) in [4.78, 5) is 32.6. The molecule has 0 radical (unpaired) electrons. The van der Waals surface area contributed by atoms with Gasteiger partial charge in [0.05, 0.1) is 30.6 Å². The van der Waals surface area contributed by atoms with Crippen LogP contribution in [0.25, 0.3) is 5.65 Å². The lowest BCUT2D eigenvalue weighted by Gasteiger charge is -2.34. The fraction of sp³-hybridized carbons (Fsp3) is 0.536. The molecule has 0 spiro atoms. The molecule has 0 unspecified atom stereocenters. The lowest BCUT2D eigenvalue weighted by Crippen LogP contribution is -2.31. The standard InChI is InChI=1S/C28H28F8N6O2/c29-26(30)7-3-14(4-8-26)21(22-17(25(37)44)6-10-38-24(22)28(34,35)36)18-13-42-19(40-18)11-16(12-39-42)23(15-1-2-15)41-20(43)5-9-27(31,32)33/h6,10-15,21,23H,1-5,7-9H2,(H2,37,44)(H,41,43)/t21-,23-/m1/s1. The summed E-state index contributed by atoms with van der Waals surface area (Å²) in [5.74, 6) is -7.08. The van der Waals surface area contributed by atoms with E-state index in [2.05, 4.69) is 20.4 Å². The molecule has 0 bridgehead atoms. The Morgan fingerprint density at radius 1 is 1.07 bits per heavy atom.